The maximum Gasteiger partial charge on any atom is 0.247 e. The first-order valence-corrected chi connectivity index (χ1v) is 11.0. The fourth-order valence-electron chi connectivity index (χ4n) is 3.88. The third-order valence-corrected chi connectivity index (χ3v) is 5.60. The smallest absolute Gasteiger partial charge is 0.247 e. The van der Waals surface area contributed by atoms with Crippen LogP contribution in [0.4, 0.5) is 23.0 Å². The summed E-state index contributed by atoms with van der Waals surface area (Å²) in [7, 11) is 0. The molecule has 0 radical (unpaired) electrons. The van der Waals surface area contributed by atoms with E-state index in [0.717, 1.165) is 48.5 Å². The molecule has 8 nitrogen and oxygen atoms in total. The first-order valence-electron chi connectivity index (χ1n) is 11.0. The summed E-state index contributed by atoms with van der Waals surface area (Å²) in [4.78, 5) is 27.7. The number of pyridine rings is 1. The number of benzene rings is 2. The van der Waals surface area contributed by atoms with Gasteiger partial charge < -0.3 is 20.3 Å². The van der Waals surface area contributed by atoms with Crippen molar-refractivity contribution >= 4 is 39.8 Å². The van der Waals surface area contributed by atoms with E-state index >= 15 is 0 Å². The molecule has 2 aromatic carbocycles. The van der Waals surface area contributed by atoms with Crippen LogP contribution >= 0.6 is 0 Å². The Bertz CT molecular complexity index is 1330. The average Bonchev–Trinajstić information content (AvgIpc) is 2.89. The Morgan fingerprint density at radius 2 is 1.85 bits per heavy atom. The molecule has 0 unspecified atom stereocenters. The van der Waals surface area contributed by atoms with E-state index in [9.17, 15) is 4.79 Å². The molecule has 4 aromatic rings. The lowest BCUT2D eigenvalue weighted by atomic mass is 10.1. The van der Waals surface area contributed by atoms with Gasteiger partial charge in [0.1, 0.15) is 0 Å². The largest absolute Gasteiger partial charge is 0.378 e. The summed E-state index contributed by atoms with van der Waals surface area (Å²) in [5.41, 5.74) is 5.03. The third kappa shape index (κ3) is 4.72. The molecule has 170 valence electrons. The highest BCUT2D eigenvalue weighted by molar-refractivity contribution is 5.99. The molecule has 0 bridgehead atoms. The number of ether oxygens (including phenoxy) is 1. The van der Waals surface area contributed by atoms with Crippen LogP contribution in [0.5, 0.6) is 0 Å². The second-order valence-electron chi connectivity index (χ2n) is 7.83. The zero-order valence-electron chi connectivity index (χ0n) is 18.6. The number of carbonyl (C=O) groups is 1. The van der Waals surface area contributed by atoms with Crippen LogP contribution in [-0.2, 0) is 9.53 Å². The van der Waals surface area contributed by atoms with Crippen molar-refractivity contribution in [1.29, 1.82) is 0 Å². The third-order valence-electron chi connectivity index (χ3n) is 5.60. The highest BCUT2D eigenvalue weighted by Crippen LogP contribution is 2.28. The zero-order valence-corrected chi connectivity index (χ0v) is 18.6. The van der Waals surface area contributed by atoms with Crippen LogP contribution in [0.2, 0.25) is 0 Å². The Labute approximate surface area is 197 Å². The van der Waals surface area contributed by atoms with Crippen LogP contribution in [0, 0.1) is 0 Å². The van der Waals surface area contributed by atoms with Crippen LogP contribution in [0.1, 0.15) is 0 Å². The minimum Gasteiger partial charge on any atom is -0.378 e. The van der Waals surface area contributed by atoms with Crippen molar-refractivity contribution in [3.8, 4) is 11.3 Å². The molecule has 0 aliphatic carbocycles. The summed E-state index contributed by atoms with van der Waals surface area (Å²) < 4.78 is 5.43. The quantitative estimate of drug-likeness (QED) is 0.419. The molecule has 0 spiro atoms. The van der Waals surface area contributed by atoms with Crippen molar-refractivity contribution in [3.05, 3.63) is 79.6 Å². The summed E-state index contributed by atoms with van der Waals surface area (Å²) in [6.45, 7) is 6.80. The van der Waals surface area contributed by atoms with Crippen LogP contribution in [0.15, 0.2) is 79.6 Å². The number of fused-ring (bicyclic) bond motifs is 1. The standard InChI is InChI=1S/C26H24N6O2/c1-2-24(33)29-20-10-11-27-23(16-20)22-5-3-4-18-17-28-26(31-25(18)22)30-19-6-8-21(9-7-19)32-12-14-34-15-13-32/h2-11,16-17H,1,12-15H2,(H,27,29,33)(H,28,30,31). The summed E-state index contributed by atoms with van der Waals surface area (Å²) in [6, 6.07) is 17.6. The molecule has 5 rings (SSSR count). The molecule has 1 amide bonds. The van der Waals surface area contributed by atoms with Crippen molar-refractivity contribution in [2.45, 2.75) is 0 Å². The lowest BCUT2D eigenvalue weighted by molar-refractivity contribution is -0.111. The van der Waals surface area contributed by atoms with E-state index in [4.69, 9.17) is 9.72 Å². The van der Waals surface area contributed by atoms with Gasteiger partial charge in [0.05, 0.1) is 24.4 Å². The number of para-hydroxylation sites is 1. The minimum atomic E-state index is -0.275. The molecule has 3 heterocycles. The Morgan fingerprint density at radius 1 is 1.03 bits per heavy atom. The van der Waals surface area contributed by atoms with E-state index in [2.05, 4.69) is 44.2 Å². The molecule has 2 N–H and O–H groups in total. The number of amides is 1. The SMILES string of the molecule is C=CC(=O)Nc1ccnc(-c2cccc3cnc(Nc4ccc(N5CCOCC5)cc4)nc23)c1. The second-order valence-corrected chi connectivity index (χ2v) is 7.83. The van der Waals surface area contributed by atoms with Gasteiger partial charge in [-0.2, -0.15) is 0 Å². The number of carbonyl (C=O) groups excluding carboxylic acids is 1. The maximum absolute atomic E-state index is 11.7. The first-order chi connectivity index (χ1) is 16.7. The van der Waals surface area contributed by atoms with Crippen LogP contribution in [0.3, 0.4) is 0 Å². The minimum absolute atomic E-state index is 0.275. The van der Waals surface area contributed by atoms with Gasteiger partial charge in [0, 0.05) is 53.5 Å². The van der Waals surface area contributed by atoms with E-state index in [1.54, 1.807) is 18.5 Å². The van der Waals surface area contributed by atoms with Gasteiger partial charge in [0.25, 0.3) is 0 Å². The molecule has 1 aliphatic rings. The van der Waals surface area contributed by atoms with Crippen LogP contribution < -0.4 is 15.5 Å². The van der Waals surface area contributed by atoms with Crippen molar-refractivity contribution < 1.29 is 9.53 Å². The van der Waals surface area contributed by atoms with Crippen molar-refractivity contribution in [3.63, 3.8) is 0 Å². The van der Waals surface area contributed by atoms with Gasteiger partial charge >= 0.3 is 0 Å². The number of anilines is 4. The normalized spacial score (nSPS) is 13.5. The fourth-order valence-corrected chi connectivity index (χ4v) is 3.88. The number of nitrogens with one attached hydrogen (secondary N) is 2. The van der Waals surface area contributed by atoms with E-state index in [1.165, 1.54) is 11.8 Å². The molecular formula is C26H24N6O2. The van der Waals surface area contributed by atoms with Crippen molar-refractivity contribution in [2.24, 2.45) is 0 Å². The summed E-state index contributed by atoms with van der Waals surface area (Å²) in [6.07, 6.45) is 4.68. The maximum atomic E-state index is 11.7. The molecule has 0 saturated carbocycles. The number of aromatic nitrogens is 3. The highest BCUT2D eigenvalue weighted by atomic mass is 16.5. The van der Waals surface area contributed by atoms with Gasteiger partial charge in [0.15, 0.2) is 0 Å². The van der Waals surface area contributed by atoms with Gasteiger partial charge in [-0.05, 0) is 42.5 Å². The van der Waals surface area contributed by atoms with E-state index < -0.39 is 0 Å². The van der Waals surface area contributed by atoms with Gasteiger partial charge in [-0.15, -0.1) is 0 Å². The highest BCUT2D eigenvalue weighted by Gasteiger charge is 2.12. The predicted molar refractivity (Wildman–Crippen MR) is 134 cm³/mol. The summed E-state index contributed by atoms with van der Waals surface area (Å²) in [5, 5.41) is 6.96. The Kier molecular flexibility index (Phi) is 6.13. The monoisotopic (exact) mass is 452 g/mol. The zero-order chi connectivity index (χ0) is 23.3. The van der Waals surface area contributed by atoms with Crippen molar-refractivity contribution in [1.82, 2.24) is 15.0 Å². The number of hydrogen-bond donors (Lipinski definition) is 2. The molecular weight excluding hydrogens is 428 g/mol. The molecule has 1 saturated heterocycles. The Hall–Kier alpha value is -4.30. The molecule has 2 aromatic heterocycles. The van der Waals surface area contributed by atoms with E-state index in [1.807, 2.05) is 36.4 Å². The summed E-state index contributed by atoms with van der Waals surface area (Å²) >= 11 is 0. The Balaban J connectivity index is 1.41. The van der Waals surface area contributed by atoms with Gasteiger partial charge in [-0.25, -0.2) is 9.97 Å². The lowest BCUT2D eigenvalue weighted by Gasteiger charge is -2.28. The first kappa shape index (κ1) is 21.5. The summed E-state index contributed by atoms with van der Waals surface area (Å²) in [5.74, 6) is 0.221. The van der Waals surface area contributed by atoms with Crippen LogP contribution in [-0.4, -0.2) is 47.2 Å². The van der Waals surface area contributed by atoms with Gasteiger partial charge in [-0.3, -0.25) is 9.78 Å². The van der Waals surface area contributed by atoms with Gasteiger partial charge in [0.2, 0.25) is 11.9 Å². The van der Waals surface area contributed by atoms with Gasteiger partial charge in [-0.1, -0.05) is 24.8 Å². The molecule has 0 atom stereocenters. The molecule has 1 fully saturated rings. The number of rotatable bonds is 6. The molecule has 8 heteroatoms. The van der Waals surface area contributed by atoms with E-state index in [-0.39, 0.29) is 5.91 Å². The lowest BCUT2D eigenvalue weighted by Crippen LogP contribution is -2.36. The van der Waals surface area contributed by atoms with Crippen molar-refractivity contribution in [2.75, 3.05) is 41.8 Å². The predicted octanol–water partition coefficient (Wildman–Crippen LogP) is 4.40. The number of hydrogen-bond acceptors (Lipinski definition) is 7. The second kappa shape index (κ2) is 9.68. The molecule has 34 heavy (non-hydrogen) atoms. The fraction of sp³-hybridized carbons (Fsp3) is 0.154. The Morgan fingerprint density at radius 3 is 2.65 bits per heavy atom. The topological polar surface area (TPSA) is 92.3 Å². The number of nitrogens with zero attached hydrogens (tertiary/aromatic N) is 4. The van der Waals surface area contributed by atoms with E-state index in [0.29, 0.717) is 17.3 Å². The average molecular weight is 453 g/mol. The van der Waals surface area contributed by atoms with Crippen LogP contribution in [0.25, 0.3) is 22.2 Å². The molecule has 1 aliphatic heterocycles. The number of morpholine rings is 1.